The maximum Gasteiger partial charge on any atom is 0.245 e. The second-order valence-corrected chi connectivity index (χ2v) is 8.49. The minimum Gasteiger partial charge on any atom is -0.361 e. The number of nitrogens with zero attached hydrogens (tertiary/aromatic N) is 2. The van der Waals surface area contributed by atoms with Gasteiger partial charge in [0.1, 0.15) is 0 Å². The molecule has 0 bridgehead atoms. The Morgan fingerprint density at radius 2 is 2.21 bits per heavy atom. The summed E-state index contributed by atoms with van der Waals surface area (Å²) < 4.78 is 0. The topological polar surface area (TPSA) is 51.4 Å². The third kappa shape index (κ3) is 3.27. The van der Waals surface area contributed by atoms with E-state index in [1.165, 1.54) is 27.6 Å². The first-order valence-corrected chi connectivity index (χ1v) is 10.6. The van der Waals surface area contributed by atoms with E-state index in [1.807, 2.05) is 5.01 Å². The second kappa shape index (κ2) is 7.72. The number of hydrogen-bond acceptors (Lipinski definition) is 3. The van der Waals surface area contributed by atoms with Crippen LogP contribution in [0.25, 0.3) is 16.5 Å². The number of aromatic nitrogens is 1. The Morgan fingerprint density at radius 3 is 2.96 bits per heavy atom. The molecule has 1 aromatic heterocycles. The van der Waals surface area contributed by atoms with Crippen LogP contribution in [0.2, 0.25) is 0 Å². The zero-order chi connectivity index (χ0) is 19.8. The number of fused-ring (bicyclic) bond motifs is 2. The lowest BCUT2D eigenvalue weighted by Crippen LogP contribution is -2.53. The Labute approximate surface area is 167 Å². The summed E-state index contributed by atoms with van der Waals surface area (Å²) in [6, 6.07) is 6.93. The van der Waals surface area contributed by atoms with Crippen LogP contribution in [0.4, 0.5) is 0 Å². The summed E-state index contributed by atoms with van der Waals surface area (Å²) in [7, 11) is 2.15. The molecule has 2 aromatic rings. The number of unbranched alkanes of at least 4 members (excludes halogenated alkanes) is 1. The molecule has 2 aliphatic rings. The SMILES string of the molecule is CCCCNN(C(=O)C1C=C2c3cccc4[nH]cc(c34)CC2N(C)C1)C(C)C. The van der Waals surface area contributed by atoms with E-state index in [0.29, 0.717) is 6.04 Å². The van der Waals surface area contributed by atoms with Crippen molar-refractivity contribution in [3.05, 3.63) is 41.6 Å². The van der Waals surface area contributed by atoms with Gasteiger partial charge in [0.2, 0.25) is 5.91 Å². The first-order valence-electron chi connectivity index (χ1n) is 10.6. The van der Waals surface area contributed by atoms with Gasteiger partial charge < -0.3 is 4.98 Å². The average Bonchev–Trinajstić information content (AvgIpc) is 3.09. The van der Waals surface area contributed by atoms with Crippen LogP contribution >= 0.6 is 0 Å². The number of hydrogen-bond donors (Lipinski definition) is 2. The lowest BCUT2D eigenvalue weighted by molar-refractivity contribution is -0.140. The van der Waals surface area contributed by atoms with Crippen molar-refractivity contribution in [1.82, 2.24) is 20.3 Å². The largest absolute Gasteiger partial charge is 0.361 e. The number of aromatic amines is 1. The lowest BCUT2D eigenvalue weighted by Gasteiger charge is -2.41. The van der Waals surface area contributed by atoms with E-state index in [1.54, 1.807) is 0 Å². The van der Waals surface area contributed by atoms with Crippen molar-refractivity contribution in [2.45, 2.75) is 52.1 Å². The fourth-order valence-corrected chi connectivity index (χ4v) is 4.68. The van der Waals surface area contributed by atoms with Crippen molar-refractivity contribution in [2.75, 3.05) is 20.1 Å². The summed E-state index contributed by atoms with van der Waals surface area (Å²) in [6.07, 6.45) is 7.59. The summed E-state index contributed by atoms with van der Waals surface area (Å²) in [5.74, 6) is 0.0551. The van der Waals surface area contributed by atoms with E-state index < -0.39 is 0 Å². The van der Waals surface area contributed by atoms with Gasteiger partial charge in [-0.25, -0.2) is 5.43 Å². The highest BCUT2D eigenvalue weighted by Gasteiger charge is 2.37. The molecule has 5 heteroatoms. The van der Waals surface area contributed by atoms with Gasteiger partial charge in [-0.15, -0.1) is 0 Å². The number of nitrogens with one attached hydrogen (secondary N) is 2. The van der Waals surface area contributed by atoms with Crippen LogP contribution in [0, 0.1) is 5.92 Å². The standard InChI is InChI=1S/C23H32N4O/c1-5-6-10-25-27(15(2)3)23(28)17-11-19-18-8-7-9-20-22(18)16(13-24-20)12-21(19)26(4)14-17/h7-9,11,13,15,17,21,24-25H,5-6,10,12,14H2,1-4H3. The van der Waals surface area contributed by atoms with E-state index in [4.69, 9.17) is 0 Å². The molecule has 0 spiro atoms. The molecule has 1 amide bonds. The van der Waals surface area contributed by atoms with Gasteiger partial charge in [0.05, 0.1) is 5.92 Å². The van der Waals surface area contributed by atoms with Gasteiger partial charge in [-0.05, 0) is 56.5 Å². The summed E-state index contributed by atoms with van der Waals surface area (Å²) in [5, 5.41) is 3.17. The highest BCUT2D eigenvalue weighted by atomic mass is 16.2. The van der Waals surface area contributed by atoms with Gasteiger partial charge >= 0.3 is 0 Å². The van der Waals surface area contributed by atoms with Crippen molar-refractivity contribution >= 4 is 22.4 Å². The zero-order valence-electron chi connectivity index (χ0n) is 17.5. The van der Waals surface area contributed by atoms with Crippen LogP contribution in [0.15, 0.2) is 30.5 Å². The molecule has 28 heavy (non-hydrogen) atoms. The Bertz CT molecular complexity index is 897. The Kier molecular flexibility index (Phi) is 5.30. The number of carbonyl (C=O) groups is 1. The highest BCUT2D eigenvalue weighted by Crippen LogP contribution is 2.40. The molecular formula is C23H32N4O. The second-order valence-electron chi connectivity index (χ2n) is 8.49. The molecule has 0 saturated heterocycles. The molecule has 2 atom stereocenters. The smallest absolute Gasteiger partial charge is 0.245 e. The fourth-order valence-electron chi connectivity index (χ4n) is 4.68. The van der Waals surface area contributed by atoms with Crippen molar-refractivity contribution in [3.63, 3.8) is 0 Å². The molecule has 0 fully saturated rings. The van der Waals surface area contributed by atoms with Crippen molar-refractivity contribution < 1.29 is 4.79 Å². The number of rotatable bonds is 6. The van der Waals surface area contributed by atoms with Crippen molar-refractivity contribution in [3.8, 4) is 0 Å². The number of amides is 1. The van der Waals surface area contributed by atoms with E-state index >= 15 is 0 Å². The van der Waals surface area contributed by atoms with Gasteiger partial charge in [0.15, 0.2) is 0 Å². The summed E-state index contributed by atoms with van der Waals surface area (Å²) in [4.78, 5) is 19.1. The molecular weight excluding hydrogens is 348 g/mol. The van der Waals surface area contributed by atoms with Crippen LogP contribution in [-0.2, 0) is 11.2 Å². The number of benzene rings is 1. The third-order valence-corrected chi connectivity index (χ3v) is 6.15. The Balaban J connectivity index is 1.67. The van der Waals surface area contributed by atoms with Gasteiger partial charge in [-0.2, -0.15) is 0 Å². The van der Waals surface area contributed by atoms with Gasteiger partial charge in [-0.3, -0.25) is 14.7 Å². The van der Waals surface area contributed by atoms with Crippen LogP contribution < -0.4 is 5.43 Å². The van der Waals surface area contributed by atoms with Gasteiger partial charge in [0, 0.05) is 42.3 Å². The predicted octanol–water partition coefficient (Wildman–Crippen LogP) is 3.58. The normalized spacial score (nSPS) is 21.7. The zero-order valence-corrected chi connectivity index (χ0v) is 17.5. The van der Waals surface area contributed by atoms with Crippen LogP contribution in [0.1, 0.15) is 44.7 Å². The summed E-state index contributed by atoms with van der Waals surface area (Å²) in [5.41, 5.74) is 8.53. The summed E-state index contributed by atoms with van der Waals surface area (Å²) in [6.45, 7) is 7.93. The van der Waals surface area contributed by atoms with E-state index in [2.05, 4.69) is 73.6 Å². The molecule has 4 rings (SSSR count). The molecule has 5 nitrogen and oxygen atoms in total. The first kappa shape index (κ1) is 19.2. The predicted molar refractivity (Wildman–Crippen MR) is 115 cm³/mol. The van der Waals surface area contributed by atoms with Gasteiger partial charge in [-0.1, -0.05) is 31.6 Å². The number of likely N-dealkylation sites (N-methyl/N-ethyl adjacent to an activating group) is 1. The van der Waals surface area contributed by atoms with E-state index in [0.717, 1.165) is 32.4 Å². The third-order valence-electron chi connectivity index (χ3n) is 6.15. The molecule has 0 radical (unpaired) electrons. The molecule has 1 aromatic carbocycles. The van der Waals surface area contributed by atoms with Crippen LogP contribution in [0.3, 0.4) is 0 Å². The quantitative estimate of drug-likeness (QED) is 0.595. The maximum atomic E-state index is 13.4. The van der Waals surface area contributed by atoms with Crippen LogP contribution in [0.5, 0.6) is 0 Å². The Morgan fingerprint density at radius 1 is 1.39 bits per heavy atom. The number of carbonyl (C=O) groups excluding carboxylic acids is 1. The number of H-pyrrole nitrogens is 1. The van der Waals surface area contributed by atoms with E-state index in [-0.39, 0.29) is 17.9 Å². The maximum absolute atomic E-state index is 13.4. The molecule has 2 unspecified atom stereocenters. The average molecular weight is 381 g/mol. The molecule has 2 N–H and O–H groups in total. The molecule has 1 aliphatic heterocycles. The lowest BCUT2D eigenvalue weighted by atomic mass is 9.79. The van der Waals surface area contributed by atoms with Crippen LogP contribution in [-0.4, -0.2) is 53.0 Å². The minimum absolute atomic E-state index is 0.122. The van der Waals surface area contributed by atoms with Gasteiger partial charge in [0.25, 0.3) is 0 Å². The van der Waals surface area contributed by atoms with Crippen molar-refractivity contribution in [1.29, 1.82) is 0 Å². The summed E-state index contributed by atoms with van der Waals surface area (Å²) >= 11 is 0. The fraction of sp³-hybridized carbons (Fsp3) is 0.522. The molecule has 150 valence electrons. The first-order chi connectivity index (χ1) is 13.5. The molecule has 1 aliphatic carbocycles. The molecule has 2 heterocycles. The Hall–Kier alpha value is -2.11. The number of hydrazine groups is 1. The monoisotopic (exact) mass is 380 g/mol. The van der Waals surface area contributed by atoms with E-state index in [9.17, 15) is 4.79 Å². The van der Waals surface area contributed by atoms with Crippen molar-refractivity contribution in [2.24, 2.45) is 5.92 Å². The highest BCUT2D eigenvalue weighted by molar-refractivity contribution is 5.99. The minimum atomic E-state index is -0.122. The molecule has 0 saturated carbocycles.